The zero-order chi connectivity index (χ0) is 23.6. The third-order valence-electron chi connectivity index (χ3n) is 4.56. The summed E-state index contributed by atoms with van der Waals surface area (Å²) in [6.45, 7) is 2.81. The first-order valence-electron chi connectivity index (χ1n) is 9.60. The Labute approximate surface area is 178 Å². The Hall–Kier alpha value is -3.48. The van der Waals surface area contributed by atoms with Gasteiger partial charge in [-0.3, -0.25) is 19.2 Å². The third kappa shape index (κ3) is 8.82. The molecule has 4 unspecified atom stereocenters. The first-order valence-corrected chi connectivity index (χ1v) is 9.60. The Balaban J connectivity index is 2.65. The molecule has 8 N–H and O–H groups in total. The van der Waals surface area contributed by atoms with Crippen molar-refractivity contribution in [2.45, 2.75) is 51.2 Å². The van der Waals surface area contributed by atoms with Crippen molar-refractivity contribution in [3.63, 3.8) is 0 Å². The number of imidazole rings is 1. The highest BCUT2D eigenvalue weighted by atomic mass is 16.4. The van der Waals surface area contributed by atoms with Crippen LogP contribution in [0.5, 0.6) is 0 Å². The number of amides is 3. The van der Waals surface area contributed by atoms with Crippen molar-refractivity contribution in [3.8, 4) is 0 Å². The van der Waals surface area contributed by atoms with Crippen LogP contribution in [-0.2, 0) is 30.4 Å². The SMILES string of the molecule is CCC(C)C(NC(=O)C(CC(=O)O)NC(=O)CNC(=O)C(N)Cc1cnc[nH]1)C(=O)O. The molecule has 1 rings (SSSR count). The number of nitrogens with zero attached hydrogens (tertiary/aromatic N) is 1. The van der Waals surface area contributed by atoms with E-state index >= 15 is 0 Å². The molecule has 0 radical (unpaired) electrons. The van der Waals surface area contributed by atoms with Gasteiger partial charge in [-0.2, -0.15) is 0 Å². The lowest BCUT2D eigenvalue weighted by Crippen LogP contribution is -2.55. The molecule has 4 atom stereocenters. The fourth-order valence-electron chi connectivity index (χ4n) is 2.59. The van der Waals surface area contributed by atoms with Gasteiger partial charge in [0.2, 0.25) is 17.7 Å². The molecule has 0 bridgehead atoms. The van der Waals surface area contributed by atoms with Crippen LogP contribution in [0.3, 0.4) is 0 Å². The van der Waals surface area contributed by atoms with Crippen LogP contribution >= 0.6 is 0 Å². The average molecular weight is 440 g/mol. The van der Waals surface area contributed by atoms with Crippen molar-refractivity contribution >= 4 is 29.7 Å². The predicted octanol–water partition coefficient (Wildman–Crippen LogP) is -2.03. The van der Waals surface area contributed by atoms with Crippen molar-refractivity contribution in [1.29, 1.82) is 0 Å². The van der Waals surface area contributed by atoms with E-state index in [9.17, 15) is 29.1 Å². The van der Waals surface area contributed by atoms with E-state index in [2.05, 4.69) is 25.9 Å². The fourth-order valence-corrected chi connectivity index (χ4v) is 2.59. The Morgan fingerprint density at radius 1 is 1.16 bits per heavy atom. The van der Waals surface area contributed by atoms with Crippen LogP contribution in [0.4, 0.5) is 0 Å². The molecule has 3 amide bonds. The molecule has 1 heterocycles. The normalized spacial score (nSPS) is 14.5. The van der Waals surface area contributed by atoms with Crippen LogP contribution in [0.2, 0.25) is 0 Å². The third-order valence-corrected chi connectivity index (χ3v) is 4.56. The van der Waals surface area contributed by atoms with Gasteiger partial charge in [0.1, 0.15) is 12.1 Å². The van der Waals surface area contributed by atoms with Crippen molar-refractivity contribution < 1.29 is 34.2 Å². The van der Waals surface area contributed by atoms with Crippen molar-refractivity contribution in [3.05, 3.63) is 18.2 Å². The Kier molecular flexibility index (Phi) is 10.1. The Morgan fingerprint density at radius 3 is 2.35 bits per heavy atom. The van der Waals surface area contributed by atoms with Gasteiger partial charge in [0.15, 0.2) is 0 Å². The Bertz CT molecular complexity index is 782. The van der Waals surface area contributed by atoms with Crippen LogP contribution < -0.4 is 21.7 Å². The number of nitrogens with two attached hydrogens (primary N) is 1. The summed E-state index contributed by atoms with van der Waals surface area (Å²) in [4.78, 5) is 65.6. The molecule has 31 heavy (non-hydrogen) atoms. The van der Waals surface area contributed by atoms with E-state index in [1.165, 1.54) is 12.5 Å². The number of carboxylic acids is 2. The summed E-state index contributed by atoms with van der Waals surface area (Å²) in [5.74, 6) is -5.49. The summed E-state index contributed by atoms with van der Waals surface area (Å²) < 4.78 is 0. The van der Waals surface area contributed by atoms with E-state index in [1.807, 2.05) is 0 Å². The number of aromatic nitrogens is 2. The largest absolute Gasteiger partial charge is 0.481 e. The smallest absolute Gasteiger partial charge is 0.326 e. The van der Waals surface area contributed by atoms with Gasteiger partial charge in [-0.1, -0.05) is 20.3 Å². The molecule has 1 aromatic rings. The van der Waals surface area contributed by atoms with Crippen molar-refractivity contribution in [2.75, 3.05) is 6.54 Å². The number of aromatic amines is 1. The highest BCUT2D eigenvalue weighted by Gasteiger charge is 2.30. The van der Waals surface area contributed by atoms with Gasteiger partial charge in [-0.15, -0.1) is 0 Å². The number of carboxylic acid groups (broad SMARTS) is 2. The first-order chi connectivity index (χ1) is 14.5. The van der Waals surface area contributed by atoms with Gasteiger partial charge >= 0.3 is 11.9 Å². The summed E-state index contributed by atoms with van der Waals surface area (Å²) in [5.41, 5.74) is 6.37. The number of carbonyl (C=O) groups excluding carboxylic acids is 3. The molecular weight excluding hydrogens is 412 g/mol. The maximum atomic E-state index is 12.4. The fraction of sp³-hybridized carbons (Fsp3) is 0.556. The number of nitrogens with one attached hydrogen (secondary N) is 4. The molecule has 0 saturated carbocycles. The first kappa shape index (κ1) is 25.6. The van der Waals surface area contributed by atoms with E-state index < -0.39 is 66.7 Å². The number of aliphatic carboxylic acids is 2. The molecule has 0 fully saturated rings. The topological polar surface area (TPSA) is 217 Å². The summed E-state index contributed by atoms with van der Waals surface area (Å²) in [6.07, 6.45) is 2.77. The van der Waals surface area contributed by atoms with Gasteiger partial charge in [0.05, 0.1) is 25.3 Å². The van der Waals surface area contributed by atoms with E-state index in [0.717, 1.165) is 0 Å². The molecule has 0 aromatic carbocycles. The summed E-state index contributed by atoms with van der Waals surface area (Å²) in [7, 11) is 0. The zero-order valence-electron chi connectivity index (χ0n) is 17.3. The minimum absolute atomic E-state index is 0.156. The summed E-state index contributed by atoms with van der Waals surface area (Å²) in [6, 6.07) is -3.73. The second kappa shape index (κ2) is 12.3. The van der Waals surface area contributed by atoms with Crippen LogP contribution in [0.15, 0.2) is 12.5 Å². The minimum atomic E-state index is -1.52. The lowest BCUT2D eigenvalue weighted by molar-refractivity contribution is -0.144. The van der Waals surface area contributed by atoms with Gasteiger partial charge in [0.25, 0.3) is 0 Å². The summed E-state index contributed by atoms with van der Waals surface area (Å²) >= 11 is 0. The molecule has 1 aromatic heterocycles. The molecule has 0 aliphatic rings. The zero-order valence-corrected chi connectivity index (χ0v) is 17.3. The number of rotatable bonds is 13. The highest BCUT2D eigenvalue weighted by molar-refractivity contribution is 5.94. The predicted molar refractivity (Wildman–Crippen MR) is 106 cm³/mol. The van der Waals surface area contributed by atoms with Gasteiger partial charge in [0, 0.05) is 18.3 Å². The van der Waals surface area contributed by atoms with Crippen LogP contribution in [-0.4, -0.2) is 74.5 Å². The molecule has 0 spiro atoms. The van der Waals surface area contributed by atoms with Gasteiger partial charge in [-0.05, 0) is 5.92 Å². The average Bonchev–Trinajstić information content (AvgIpc) is 3.21. The molecule has 13 heteroatoms. The van der Waals surface area contributed by atoms with Crippen molar-refractivity contribution in [2.24, 2.45) is 11.7 Å². The van der Waals surface area contributed by atoms with Crippen LogP contribution in [0.1, 0.15) is 32.4 Å². The number of hydrogen-bond acceptors (Lipinski definition) is 7. The second-order valence-corrected chi connectivity index (χ2v) is 7.03. The number of H-pyrrole nitrogens is 1. The van der Waals surface area contributed by atoms with E-state index in [0.29, 0.717) is 12.1 Å². The molecule has 0 saturated heterocycles. The van der Waals surface area contributed by atoms with Crippen LogP contribution in [0.25, 0.3) is 0 Å². The highest BCUT2D eigenvalue weighted by Crippen LogP contribution is 2.08. The maximum Gasteiger partial charge on any atom is 0.326 e. The summed E-state index contributed by atoms with van der Waals surface area (Å²) in [5, 5.41) is 25.0. The quantitative estimate of drug-likeness (QED) is 0.180. The van der Waals surface area contributed by atoms with E-state index in [1.54, 1.807) is 13.8 Å². The number of carbonyl (C=O) groups is 5. The van der Waals surface area contributed by atoms with Gasteiger partial charge < -0.3 is 36.9 Å². The monoisotopic (exact) mass is 440 g/mol. The lowest BCUT2D eigenvalue weighted by atomic mass is 9.98. The standard InChI is InChI=1S/C18H28N6O7/c1-3-9(2)15(18(30)31)24-17(29)12(5-14(26)27)23-13(25)7-21-16(28)11(19)4-10-6-20-8-22-10/h6,8-9,11-12,15H,3-5,7,19H2,1-2H3,(H,20,22)(H,21,28)(H,23,25)(H,24,29)(H,26,27)(H,30,31). The minimum Gasteiger partial charge on any atom is -0.481 e. The van der Waals surface area contributed by atoms with Crippen LogP contribution in [0, 0.1) is 5.92 Å². The van der Waals surface area contributed by atoms with E-state index in [-0.39, 0.29) is 6.42 Å². The molecule has 172 valence electrons. The van der Waals surface area contributed by atoms with Crippen molar-refractivity contribution in [1.82, 2.24) is 25.9 Å². The molecule has 0 aliphatic heterocycles. The van der Waals surface area contributed by atoms with Gasteiger partial charge in [-0.25, -0.2) is 9.78 Å². The number of hydrogen-bond donors (Lipinski definition) is 7. The molecule has 0 aliphatic carbocycles. The lowest BCUT2D eigenvalue weighted by Gasteiger charge is -2.23. The second-order valence-electron chi connectivity index (χ2n) is 7.03. The Morgan fingerprint density at radius 2 is 1.84 bits per heavy atom. The molecule has 13 nitrogen and oxygen atoms in total. The maximum absolute atomic E-state index is 12.4. The van der Waals surface area contributed by atoms with E-state index in [4.69, 9.17) is 10.8 Å². The molecular formula is C18H28N6O7.